The second kappa shape index (κ2) is 7.31. The Bertz CT molecular complexity index is 802. The molecule has 118 valence electrons. The van der Waals surface area contributed by atoms with Gasteiger partial charge >= 0.3 is 0 Å². The van der Waals surface area contributed by atoms with E-state index in [1.807, 2.05) is 19.9 Å². The zero-order valence-electron chi connectivity index (χ0n) is 12.9. The maximum absolute atomic E-state index is 12.3. The van der Waals surface area contributed by atoms with E-state index in [2.05, 4.69) is 4.99 Å². The van der Waals surface area contributed by atoms with E-state index in [1.54, 1.807) is 36.5 Å². The molecule has 1 heterocycles. The Kier molecular flexibility index (Phi) is 5.19. The number of hydrogen-bond acceptors (Lipinski definition) is 4. The molecule has 1 aromatic heterocycles. The van der Waals surface area contributed by atoms with Gasteiger partial charge in [0, 0.05) is 30.4 Å². The predicted octanol–water partition coefficient (Wildman–Crippen LogP) is 3.06. The molecule has 6 heteroatoms. The summed E-state index contributed by atoms with van der Waals surface area (Å²) in [5.41, 5.74) is 1.31. The molecule has 0 bridgehead atoms. The summed E-state index contributed by atoms with van der Waals surface area (Å²) in [7, 11) is 0. The fraction of sp³-hybridized carbons (Fsp3) is 0.176. The van der Waals surface area contributed by atoms with Crippen LogP contribution in [0.1, 0.15) is 24.2 Å². The Morgan fingerprint density at radius 1 is 1.22 bits per heavy atom. The molecule has 0 atom stereocenters. The maximum Gasteiger partial charge on any atom is 0.269 e. The van der Waals surface area contributed by atoms with E-state index in [4.69, 9.17) is 0 Å². The van der Waals surface area contributed by atoms with Crippen molar-refractivity contribution in [3.63, 3.8) is 0 Å². The summed E-state index contributed by atoms with van der Waals surface area (Å²) < 4.78 is 1.46. The van der Waals surface area contributed by atoms with Crippen molar-refractivity contribution < 1.29 is 9.72 Å². The lowest BCUT2D eigenvalue weighted by molar-refractivity contribution is -0.384. The van der Waals surface area contributed by atoms with Gasteiger partial charge in [0.15, 0.2) is 0 Å². The summed E-state index contributed by atoms with van der Waals surface area (Å²) in [6.07, 6.45) is 4.69. The van der Waals surface area contributed by atoms with Crippen molar-refractivity contribution in [3.8, 4) is 0 Å². The second-order valence-electron chi connectivity index (χ2n) is 5.17. The third-order valence-electron chi connectivity index (χ3n) is 2.99. The lowest BCUT2D eigenvalue weighted by Gasteiger charge is -2.04. The van der Waals surface area contributed by atoms with Crippen LogP contribution in [0, 0.1) is 10.1 Å². The van der Waals surface area contributed by atoms with Gasteiger partial charge < -0.3 is 0 Å². The largest absolute Gasteiger partial charge is 0.269 e. The van der Waals surface area contributed by atoms with Gasteiger partial charge in [0.1, 0.15) is 5.49 Å². The van der Waals surface area contributed by atoms with Crippen molar-refractivity contribution in [2.45, 2.75) is 19.9 Å². The molecule has 0 saturated carbocycles. The Morgan fingerprint density at radius 3 is 2.52 bits per heavy atom. The lowest BCUT2D eigenvalue weighted by atomic mass is 10.2. The SMILES string of the molecule is CC(C)N=c1ccccn1C(=O)/C=C/c1ccc([N+](=O)[O-])cc1. The molecule has 6 nitrogen and oxygen atoms in total. The van der Waals surface area contributed by atoms with Crippen LogP contribution in [0.4, 0.5) is 5.69 Å². The van der Waals surface area contributed by atoms with Gasteiger partial charge in [-0.2, -0.15) is 0 Å². The number of hydrogen-bond donors (Lipinski definition) is 0. The zero-order chi connectivity index (χ0) is 16.8. The number of nitro benzene ring substituents is 1. The molecule has 0 spiro atoms. The van der Waals surface area contributed by atoms with E-state index in [0.29, 0.717) is 11.1 Å². The van der Waals surface area contributed by atoms with Gasteiger partial charge in [-0.3, -0.25) is 24.5 Å². The van der Waals surface area contributed by atoms with E-state index < -0.39 is 4.92 Å². The normalized spacial score (nSPS) is 12.0. The summed E-state index contributed by atoms with van der Waals surface area (Å²) in [4.78, 5) is 26.9. The summed E-state index contributed by atoms with van der Waals surface area (Å²) in [5, 5.41) is 10.6. The van der Waals surface area contributed by atoms with Crippen LogP contribution in [0.5, 0.6) is 0 Å². The van der Waals surface area contributed by atoms with Crippen LogP contribution in [0.15, 0.2) is 59.7 Å². The molecule has 2 aromatic rings. The fourth-order valence-electron chi connectivity index (χ4n) is 1.95. The Morgan fingerprint density at radius 2 is 1.91 bits per heavy atom. The smallest absolute Gasteiger partial charge is 0.269 e. The second-order valence-corrected chi connectivity index (χ2v) is 5.17. The van der Waals surface area contributed by atoms with Crippen LogP contribution in [0.3, 0.4) is 0 Å². The van der Waals surface area contributed by atoms with E-state index in [9.17, 15) is 14.9 Å². The van der Waals surface area contributed by atoms with E-state index >= 15 is 0 Å². The third-order valence-corrected chi connectivity index (χ3v) is 2.99. The van der Waals surface area contributed by atoms with Crippen LogP contribution >= 0.6 is 0 Å². The molecule has 2 rings (SSSR count). The van der Waals surface area contributed by atoms with Crippen molar-refractivity contribution in [2.75, 3.05) is 0 Å². The fourth-order valence-corrected chi connectivity index (χ4v) is 1.95. The number of benzene rings is 1. The molecular formula is C17H17N3O3. The molecular weight excluding hydrogens is 294 g/mol. The summed E-state index contributed by atoms with van der Waals surface area (Å²) in [6.45, 7) is 3.88. The highest BCUT2D eigenvalue weighted by molar-refractivity contribution is 5.93. The number of nitro groups is 1. The minimum atomic E-state index is -0.460. The lowest BCUT2D eigenvalue weighted by Crippen LogP contribution is -2.26. The molecule has 0 aliphatic carbocycles. The van der Waals surface area contributed by atoms with Crippen molar-refractivity contribution >= 4 is 17.7 Å². The maximum atomic E-state index is 12.3. The average molecular weight is 311 g/mol. The number of non-ortho nitro benzene ring substituents is 1. The van der Waals surface area contributed by atoms with Gasteiger partial charge in [0.25, 0.3) is 11.6 Å². The van der Waals surface area contributed by atoms with Gasteiger partial charge in [-0.15, -0.1) is 0 Å². The molecule has 1 aromatic carbocycles. The van der Waals surface area contributed by atoms with Gasteiger partial charge in [-0.1, -0.05) is 6.07 Å². The van der Waals surface area contributed by atoms with Crippen molar-refractivity contribution in [1.29, 1.82) is 0 Å². The van der Waals surface area contributed by atoms with Crippen molar-refractivity contribution in [1.82, 2.24) is 4.57 Å². The predicted molar refractivity (Wildman–Crippen MR) is 87.9 cm³/mol. The minimum absolute atomic E-state index is 0.0175. The molecule has 0 saturated heterocycles. The quantitative estimate of drug-likeness (QED) is 0.494. The first-order valence-corrected chi connectivity index (χ1v) is 7.16. The third kappa shape index (κ3) is 4.47. The number of carbonyl (C=O) groups excluding carboxylic acids is 1. The highest BCUT2D eigenvalue weighted by Gasteiger charge is 2.04. The first-order valence-electron chi connectivity index (χ1n) is 7.16. The van der Waals surface area contributed by atoms with Crippen LogP contribution in [0.25, 0.3) is 6.08 Å². The Hall–Kier alpha value is -3.02. The highest BCUT2D eigenvalue weighted by atomic mass is 16.6. The number of nitrogens with zero attached hydrogens (tertiary/aromatic N) is 3. The van der Waals surface area contributed by atoms with E-state index in [1.165, 1.54) is 22.8 Å². The highest BCUT2D eigenvalue weighted by Crippen LogP contribution is 2.12. The van der Waals surface area contributed by atoms with Gasteiger partial charge in [-0.05, 0) is 49.8 Å². The first-order chi connectivity index (χ1) is 11.0. The average Bonchev–Trinajstić information content (AvgIpc) is 2.53. The monoisotopic (exact) mass is 311 g/mol. The number of aromatic nitrogens is 1. The van der Waals surface area contributed by atoms with Crippen LogP contribution in [-0.2, 0) is 0 Å². The van der Waals surface area contributed by atoms with Crippen molar-refractivity contribution in [3.05, 3.63) is 75.9 Å². The topological polar surface area (TPSA) is 77.5 Å². The van der Waals surface area contributed by atoms with Crippen LogP contribution in [0.2, 0.25) is 0 Å². The van der Waals surface area contributed by atoms with Crippen molar-refractivity contribution in [2.24, 2.45) is 4.99 Å². The van der Waals surface area contributed by atoms with E-state index in [-0.39, 0.29) is 17.6 Å². The number of rotatable bonds is 4. The summed E-state index contributed by atoms with van der Waals surface area (Å²) in [5.74, 6) is -0.233. The number of carbonyl (C=O) groups is 1. The molecule has 0 aliphatic heterocycles. The number of pyridine rings is 1. The molecule has 0 aliphatic rings. The standard InChI is InChI=1S/C17H17N3O3/c1-13(2)18-16-5-3-4-12-19(16)17(21)11-8-14-6-9-15(10-7-14)20(22)23/h3-13H,1-2H3/b11-8+,18-16?. The Labute approximate surface area is 133 Å². The molecule has 0 unspecified atom stereocenters. The van der Waals surface area contributed by atoms with Crippen LogP contribution < -0.4 is 5.49 Å². The summed E-state index contributed by atoms with van der Waals surface area (Å²) >= 11 is 0. The summed E-state index contributed by atoms with van der Waals surface area (Å²) in [6, 6.07) is 11.4. The van der Waals surface area contributed by atoms with Gasteiger partial charge in [0.2, 0.25) is 0 Å². The van der Waals surface area contributed by atoms with Gasteiger partial charge in [0.05, 0.1) is 4.92 Å². The first kappa shape index (κ1) is 16.4. The zero-order valence-corrected chi connectivity index (χ0v) is 12.9. The molecule has 0 radical (unpaired) electrons. The molecule has 0 amide bonds. The van der Waals surface area contributed by atoms with Crippen LogP contribution in [-0.4, -0.2) is 21.4 Å². The van der Waals surface area contributed by atoms with E-state index in [0.717, 1.165) is 0 Å². The molecule has 0 N–H and O–H groups in total. The van der Waals surface area contributed by atoms with Gasteiger partial charge in [-0.25, -0.2) is 0 Å². The Balaban J connectivity index is 2.24. The number of allylic oxidation sites excluding steroid dienone is 1. The molecule has 0 fully saturated rings. The minimum Gasteiger partial charge on any atom is -0.269 e. The molecule has 23 heavy (non-hydrogen) atoms.